The highest BCUT2D eigenvalue weighted by atomic mass is 16.5. The van der Waals surface area contributed by atoms with Gasteiger partial charge in [-0.2, -0.15) is 0 Å². The van der Waals surface area contributed by atoms with E-state index in [1.807, 2.05) is 42.5 Å². The van der Waals surface area contributed by atoms with Crippen molar-refractivity contribution in [2.75, 3.05) is 13.7 Å². The molecule has 102 valence electrons. The van der Waals surface area contributed by atoms with Crippen LogP contribution in [-0.2, 0) is 4.74 Å². The zero-order valence-electron chi connectivity index (χ0n) is 11.5. The van der Waals surface area contributed by atoms with Crippen LogP contribution in [0, 0.1) is 0 Å². The van der Waals surface area contributed by atoms with E-state index >= 15 is 0 Å². The second kappa shape index (κ2) is 5.78. The molecule has 0 aliphatic carbocycles. The monoisotopic (exact) mass is 267 g/mol. The first-order valence-corrected chi connectivity index (χ1v) is 6.77. The summed E-state index contributed by atoms with van der Waals surface area (Å²) in [5.41, 5.74) is 2.19. The Hall–Kier alpha value is -2.29. The van der Waals surface area contributed by atoms with Crippen LogP contribution in [-0.4, -0.2) is 19.6 Å². The Morgan fingerprint density at radius 1 is 1.05 bits per heavy atom. The highest BCUT2D eigenvalue weighted by Gasteiger charge is 2.20. The Labute approximate surface area is 118 Å². The molecule has 2 aromatic carbocycles. The third-order valence-corrected chi connectivity index (χ3v) is 3.41. The molecule has 0 amide bonds. The summed E-state index contributed by atoms with van der Waals surface area (Å²) in [7, 11) is 1.66. The van der Waals surface area contributed by atoms with Crippen molar-refractivity contribution in [3.05, 3.63) is 65.7 Å². The summed E-state index contributed by atoms with van der Waals surface area (Å²) in [6.07, 6.45) is 1.01. The van der Waals surface area contributed by atoms with Crippen LogP contribution in [0.5, 0.6) is 5.75 Å². The van der Waals surface area contributed by atoms with Crippen LogP contribution >= 0.6 is 0 Å². The number of ether oxygens (including phenoxy) is 2. The van der Waals surface area contributed by atoms with E-state index in [1.165, 1.54) is 5.56 Å². The summed E-state index contributed by atoms with van der Waals surface area (Å²) in [6, 6.07) is 18.1. The summed E-state index contributed by atoms with van der Waals surface area (Å²) in [5.74, 6) is 1.55. The van der Waals surface area contributed by atoms with Gasteiger partial charge in [0, 0.05) is 18.5 Å². The molecule has 0 spiro atoms. The molecule has 0 radical (unpaired) electrons. The molecule has 20 heavy (non-hydrogen) atoms. The minimum atomic E-state index is 0.0887. The van der Waals surface area contributed by atoms with Gasteiger partial charge >= 0.3 is 0 Å². The second-order valence-electron chi connectivity index (χ2n) is 4.72. The molecule has 0 fully saturated rings. The van der Waals surface area contributed by atoms with Gasteiger partial charge in [-0.25, -0.2) is 0 Å². The lowest BCUT2D eigenvalue weighted by Crippen LogP contribution is -2.19. The maximum atomic E-state index is 6.04. The van der Waals surface area contributed by atoms with E-state index in [1.54, 1.807) is 7.11 Å². The van der Waals surface area contributed by atoms with Crippen molar-refractivity contribution in [3.63, 3.8) is 0 Å². The highest BCUT2D eigenvalue weighted by Crippen LogP contribution is 2.26. The van der Waals surface area contributed by atoms with Crippen molar-refractivity contribution in [2.45, 2.75) is 12.5 Å². The smallest absolute Gasteiger partial charge is 0.216 e. The van der Waals surface area contributed by atoms with Crippen LogP contribution in [0.25, 0.3) is 0 Å². The molecule has 0 N–H and O–H groups in total. The van der Waals surface area contributed by atoms with Crippen molar-refractivity contribution >= 4 is 5.90 Å². The third-order valence-electron chi connectivity index (χ3n) is 3.41. The van der Waals surface area contributed by atoms with E-state index in [9.17, 15) is 0 Å². The van der Waals surface area contributed by atoms with Gasteiger partial charge in [-0.3, -0.25) is 4.99 Å². The summed E-state index contributed by atoms with van der Waals surface area (Å²) >= 11 is 0. The molecule has 1 unspecified atom stereocenters. The van der Waals surface area contributed by atoms with Crippen molar-refractivity contribution in [1.29, 1.82) is 0 Å². The summed E-state index contributed by atoms with van der Waals surface area (Å²) in [4.78, 5) is 4.48. The first-order valence-electron chi connectivity index (χ1n) is 6.77. The van der Waals surface area contributed by atoms with Gasteiger partial charge in [0.15, 0.2) is 0 Å². The minimum absolute atomic E-state index is 0.0887. The predicted octanol–water partition coefficient (Wildman–Crippen LogP) is 3.60. The Morgan fingerprint density at radius 2 is 1.80 bits per heavy atom. The van der Waals surface area contributed by atoms with Crippen molar-refractivity contribution in [3.8, 4) is 5.75 Å². The van der Waals surface area contributed by atoms with Gasteiger partial charge < -0.3 is 9.47 Å². The normalized spacial score (nSPS) is 18.1. The van der Waals surface area contributed by atoms with E-state index < -0.39 is 0 Å². The Kier molecular flexibility index (Phi) is 3.68. The number of hydrogen-bond acceptors (Lipinski definition) is 3. The number of nitrogens with zero attached hydrogens (tertiary/aromatic N) is 1. The second-order valence-corrected chi connectivity index (χ2v) is 4.72. The first-order chi connectivity index (χ1) is 9.86. The molecule has 2 aromatic rings. The fraction of sp³-hybridized carbons (Fsp3) is 0.235. The molecular formula is C17H17NO2. The molecule has 3 heteroatoms. The lowest BCUT2D eigenvalue weighted by atomic mass is 10.1. The number of methoxy groups -OCH3 is 1. The van der Waals surface area contributed by atoms with Crippen molar-refractivity contribution in [1.82, 2.24) is 0 Å². The van der Waals surface area contributed by atoms with Gasteiger partial charge in [-0.1, -0.05) is 30.3 Å². The molecule has 0 saturated carbocycles. The summed E-state index contributed by atoms with van der Waals surface area (Å²) in [6.45, 7) is 0.793. The van der Waals surface area contributed by atoms with Gasteiger partial charge in [-0.05, 0) is 29.8 Å². The standard InChI is InChI=1S/C17H17NO2/c1-19-15-9-7-14(8-10-15)17-18-12-11-16(20-17)13-5-3-2-4-6-13/h2-10,16H,11-12H2,1H3. The van der Waals surface area contributed by atoms with Gasteiger partial charge in [0.25, 0.3) is 0 Å². The molecular weight excluding hydrogens is 250 g/mol. The third kappa shape index (κ3) is 2.67. The molecule has 1 atom stereocenters. The van der Waals surface area contributed by atoms with Gasteiger partial charge in [0.1, 0.15) is 11.9 Å². The fourth-order valence-corrected chi connectivity index (χ4v) is 2.31. The van der Waals surface area contributed by atoms with E-state index in [2.05, 4.69) is 17.1 Å². The maximum absolute atomic E-state index is 6.04. The molecule has 3 rings (SSSR count). The number of benzene rings is 2. The van der Waals surface area contributed by atoms with Gasteiger partial charge in [-0.15, -0.1) is 0 Å². The molecule has 1 aliphatic rings. The minimum Gasteiger partial charge on any atom is -0.497 e. The average Bonchev–Trinajstić information content (AvgIpc) is 2.56. The number of aliphatic imine (C=N–C) groups is 1. The summed E-state index contributed by atoms with van der Waals surface area (Å²) < 4.78 is 11.2. The fourth-order valence-electron chi connectivity index (χ4n) is 2.31. The van der Waals surface area contributed by atoms with Crippen molar-refractivity contribution < 1.29 is 9.47 Å². The topological polar surface area (TPSA) is 30.8 Å². The van der Waals surface area contributed by atoms with Crippen molar-refractivity contribution in [2.24, 2.45) is 4.99 Å². The molecule has 0 bridgehead atoms. The van der Waals surface area contributed by atoms with Crippen LogP contribution < -0.4 is 4.74 Å². The Morgan fingerprint density at radius 3 is 2.50 bits per heavy atom. The predicted molar refractivity (Wildman–Crippen MR) is 79.3 cm³/mol. The number of hydrogen-bond donors (Lipinski definition) is 0. The molecule has 1 aliphatic heterocycles. The average molecular weight is 267 g/mol. The van der Waals surface area contributed by atoms with Gasteiger partial charge in [0.2, 0.25) is 5.90 Å². The Balaban J connectivity index is 1.79. The number of rotatable bonds is 3. The summed E-state index contributed by atoms with van der Waals surface area (Å²) in [5, 5.41) is 0. The first kappa shape index (κ1) is 12.7. The van der Waals surface area contributed by atoms with Crippen LogP contribution in [0.4, 0.5) is 0 Å². The molecule has 0 aromatic heterocycles. The largest absolute Gasteiger partial charge is 0.497 e. The van der Waals surface area contributed by atoms with E-state index in [0.717, 1.165) is 24.3 Å². The Bertz CT molecular complexity index is 590. The molecule has 0 saturated heterocycles. The zero-order chi connectivity index (χ0) is 13.8. The van der Waals surface area contributed by atoms with Gasteiger partial charge in [0.05, 0.1) is 7.11 Å². The van der Waals surface area contributed by atoms with E-state index in [0.29, 0.717) is 5.90 Å². The zero-order valence-corrected chi connectivity index (χ0v) is 11.5. The quantitative estimate of drug-likeness (QED) is 0.850. The maximum Gasteiger partial charge on any atom is 0.216 e. The molecule has 3 nitrogen and oxygen atoms in total. The van der Waals surface area contributed by atoms with E-state index in [-0.39, 0.29) is 6.10 Å². The lowest BCUT2D eigenvalue weighted by molar-refractivity contribution is 0.170. The lowest BCUT2D eigenvalue weighted by Gasteiger charge is -2.24. The molecule has 1 heterocycles. The van der Waals surface area contributed by atoms with Crippen LogP contribution in [0.15, 0.2) is 59.6 Å². The highest BCUT2D eigenvalue weighted by molar-refractivity contribution is 5.94. The van der Waals surface area contributed by atoms with E-state index in [4.69, 9.17) is 9.47 Å². The SMILES string of the molecule is COc1ccc(C2=NCCC(c3ccccc3)O2)cc1. The van der Waals surface area contributed by atoms with Crippen LogP contribution in [0.3, 0.4) is 0 Å². The van der Waals surface area contributed by atoms with Crippen LogP contribution in [0.1, 0.15) is 23.7 Å². The van der Waals surface area contributed by atoms with Crippen LogP contribution in [0.2, 0.25) is 0 Å².